The number of thioether (sulfide) groups is 1. The van der Waals surface area contributed by atoms with Gasteiger partial charge in [0.15, 0.2) is 0 Å². The van der Waals surface area contributed by atoms with Crippen LogP contribution in [-0.4, -0.2) is 16.4 Å². The van der Waals surface area contributed by atoms with E-state index >= 15 is 0 Å². The van der Waals surface area contributed by atoms with Gasteiger partial charge in [-0.15, -0.1) is 11.3 Å². The smallest absolute Gasteiger partial charge is 0.366 e. The Balaban J connectivity index is 1.67. The zero-order valence-electron chi connectivity index (χ0n) is 14.7. The SMILES string of the molecule is O=C1NC(=O)C(C(OCc2ccccc2C(F)(F)F)c2cc3ccccc3s2)S1. The van der Waals surface area contributed by atoms with Crippen LogP contribution < -0.4 is 5.32 Å². The van der Waals surface area contributed by atoms with Crippen molar-refractivity contribution in [1.82, 2.24) is 5.32 Å². The molecule has 0 radical (unpaired) electrons. The van der Waals surface area contributed by atoms with Gasteiger partial charge in [0.05, 0.1) is 12.2 Å². The minimum absolute atomic E-state index is 0.0270. The molecule has 4 nitrogen and oxygen atoms in total. The number of carbonyl (C=O) groups excluding carboxylic acids is 2. The Morgan fingerprint density at radius 2 is 1.79 bits per heavy atom. The maximum absolute atomic E-state index is 13.3. The number of nitrogens with one attached hydrogen (secondary N) is 1. The lowest BCUT2D eigenvalue weighted by atomic mass is 10.1. The summed E-state index contributed by atoms with van der Waals surface area (Å²) in [5, 5.41) is 1.79. The lowest BCUT2D eigenvalue weighted by molar-refractivity contribution is -0.139. The third kappa shape index (κ3) is 4.17. The summed E-state index contributed by atoms with van der Waals surface area (Å²) in [5.41, 5.74) is -0.810. The van der Waals surface area contributed by atoms with Gasteiger partial charge in [-0.3, -0.25) is 14.9 Å². The fraction of sp³-hybridized carbons (Fsp3) is 0.200. The Morgan fingerprint density at radius 1 is 1.07 bits per heavy atom. The first-order chi connectivity index (χ1) is 13.8. The van der Waals surface area contributed by atoms with Gasteiger partial charge in [0, 0.05) is 9.58 Å². The molecular formula is C20H14F3NO3S2. The molecule has 4 rings (SSSR count). The molecule has 1 aromatic heterocycles. The van der Waals surface area contributed by atoms with Crippen LogP contribution in [0.1, 0.15) is 22.1 Å². The Morgan fingerprint density at radius 3 is 2.48 bits per heavy atom. The van der Waals surface area contributed by atoms with Gasteiger partial charge in [-0.05, 0) is 40.9 Å². The summed E-state index contributed by atoms with van der Waals surface area (Å²) in [5.74, 6) is -0.508. The van der Waals surface area contributed by atoms with Crippen molar-refractivity contribution in [1.29, 1.82) is 0 Å². The number of fused-ring (bicyclic) bond motifs is 1. The van der Waals surface area contributed by atoms with Crippen LogP contribution in [0.3, 0.4) is 0 Å². The predicted octanol–water partition coefficient (Wildman–Crippen LogP) is 5.53. The zero-order valence-corrected chi connectivity index (χ0v) is 16.4. The van der Waals surface area contributed by atoms with E-state index in [2.05, 4.69) is 5.32 Å². The summed E-state index contributed by atoms with van der Waals surface area (Å²) in [7, 11) is 0. The second-order valence-electron chi connectivity index (χ2n) is 6.39. The van der Waals surface area contributed by atoms with Gasteiger partial charge in [0.25, 0.3) is 5.24 Å². The number of carbonyl (C=O) groups is 2. The molecule has 2 unspecified atom stereocenters. The van der Waals surface area contributed by atoms with Crippen LogP contribution in [0.15, 0.2) is 54.6 Å². The maximum Gasteiger partial charge on any atom is 0.416 e. The highest BCUT2D eigenvalue weighted by molar-refractivity contribution is 8.15. The third-order valence-electron chi connectivity index (χ3n) is 4.46. The van der Waals surface area contributed by atoms with Crippen LogP contribution in [0.5, 0.6) is 0 Å². The van der Waals surface area contributed by atoms with Gasteiger partial charge >= 0.3 is 6.18 Å². The van der Waals surface area contributed by atoms with Crippen molar-refractivity contribution in [3.63, 3.8) is 0 Å². The van der Waals surface area contributed by atoms with Crippen LogP contribution in [0, 0.1) is 0 Å². The minimum Gasteiger partial charge on any atom is -0.366 e. The van der Waals surface area contributed by atoms with Crippen molar-refractivity contribution >= 4 is 44.3 Å². The Kier molecular flexibility index (Phi) is 5.37. The molecule has 1 fully saturated rings. The van der Waals surface area contributed by atoms with Crippen molar-refractivity contribution in [3.8, 4) is 0 Å². The molecule has 0 saturated carbocycles. The van der Waals surface area contributed by atoms with E-state index in [1.165, 1.54) is 29.5 Å². The second-order valence-corrected chi connectivity index (χ2v) is 8.62. The number of ether oxygens (including phenoxy) is 1. The predicted molar refractivity (Wildman–Crippen MR) is 106 cm³/mol. The molecule has 1 aliphatic rings. The number of amides is 2. The highest BCUT2D eigenvalue weighted by Crippen LogP contribution is 2.40. The number of alkyl halides is 3. The maximum atomic E-state index is 13.3. The first-order valence-electron chi connectivity index (χ1n) is 8.59. The van der Waals surface area contributed by atoms with E-state index < -0.39 is 34.2 Å². The molecule has 150 valence electrons. The van der Waals surface area contributed by atoms with Gasteiger partial charge in [-0.2, -0.15) is 13.2 Å². The highest BCUT2D eigenvalue weighted by Gasteiger charge is 2.41. The Labute approximate surface area is 172 Å². The van der Waals surface area contributed by atoms with Crippen LogP contribution in [0.2, 0.25) is 0 Å². The number of imide groups is 1. The molecule has 1 N–H and O–H groups in total. The second kappa shape index (κ2) is 7.81. The van der Waals surface area contributed by atoms with Crippen LogP contribution in [-0.2, 0) is 22.3 Å². The standard InChI is InChI=1S/C20H14F3NO3S2/c21-20(22,23)13-7-3-1-6-12(13)10-27-16(17-18(25)24-19(26)29-17)15-9-11-5-2-4-8-14(11)28-15/h1-9,16-17H,10H2,(H,24,25,26). The van der Waals surface area contributed by atoms with Gasteiger partial charge in [-0.25, -0.2) is 0 Å². The Hall–Kier alpha value is -2.36. The number of halogens is 3. The Bertz CT molecular complexity index is 1050. The summed E-state index contributed by atoms with van der Waals surface area (Å²) in [6, 6.07) is 14.6. The average molecular weight is 437 g/mol. The number of rotatable bonds is 5. The van der Waals surface area contributed by atoms with Crippen molar-refractivity contribution in [2.75, 3.05) is 0 Å². The molecule has 1 aliphatic heterocycles. The largest absolute Gasteiger partial charge is 0.416 e. The summed E-state index contributed by atoms with van der Waals surface area (Å²) in [6.45, 7) is -0.340. The van der Waals surface area contributed by atoms with Crippen LogP contribution in [0.4, 0.5) is 18.0 Å². The lowest BCUT2D eigenvalue weighted by Crippen LogP contribution is -2.29. The van der Waals surface area contributed by atoms with E-state index in [0.29, 0.717) is 4.88 Å². The molecule has 0 bridgehead atoms. The van der Waals surface area contributed by atoms with E-state index in [1.807, 2.05) is 30.3 Å². The molecule has 3 aromatic rings. The van der Waals surface area contributed by atoms with Crippen LogP contribution >= 0.6 is 23.1 Å². The van der Waals surface area contributed by atoms with Crippen molar-refractivity contribution in [2.24, 2.45) is 0 Å². The first-order valence-corrected chi connectivity index (χ1v) is 10.3. The van der Waals surface area contributed by atoms with Gasteiger partial charge in [-0.1, -0.05) is 36.4 Å². The first kappa shape index (κ1) is 19.9. The van der Waals surface area contributed by atoms with Gasteiger partial charge in [0.2, 0.25) is 5.91 Å². The minimum atomic E-state index is -4.51. The summed E-state index contributed by atoms with van der Waals surface area (Å²) < 4.78 is 46.7. The van der Waals surface area contributed by atoms with E-state index in [9.17, 15) is 22.8 Å². The summed E-state index contributed by atoms with van der Waals surface area (Å²) >= 11 is 2.18. The lowest BCUT2D eigenvalue weighted by Gasteiger charge is -2.21. The van der Waals surface area contributed by atoms with Gasteiger partial charge < -0.3 is 4.74 Å². The fourth-order valence-electron chi connectivity index (χ4n) is 3.13. The topological polar surface area (TPSA) is 55.4 Å². The van der Waals surface area contributed by atoms with Gasteiger partial charge in [0.1, 0.15) is 11.4 Å². The van der Waals surface area contributed by atoms with E-state index in [1.54, 1.807) is 0 Å². The molecule has 0 aliphatic carbocycles. The van der Waals surface area contributed by atoms with Crippen molar-refractivity contribution in [2.45, 2.75) is 24.1 Å². The van der Waals surface area contributed by atoms with Crippen molar-refractivity contribution in [3.05, 3.63) is 70.6 Å². The zero-order chi connectivity index (χ0) is 20.6. The molecule has 29 heavy (non-hydrogen) atoms. The summed E-state index contributed by atoms with van der Waals surface area (Å²) in [6.07, 6.45) is -5.37. The highest BCUT2D eigenvalue weighted by atomic mass is 32.2. The summed E-state index contributed by atoms with van der Waals surface area (Å²) in [4.78, 5) is 24.6. The monoisotopic (exact) mass is 437 g/mol. The molecule has 2 aromatic carbocycles. The molecule has 2 amide bonds. The number of benzene rings is 2. The van der Waals surface area contributed by atoms with E-state index in [-0.39, 0.29) is 12.2 Å². The molecule has 1 saturated heterocycles. The molecule has 2 atom stereocenters. The molecule has 2 heterocycles. The van der Waals surface area contributed by atoms with Crippen molar-refractivity contribution < 1.29 is 27.5 Å². The van der Waals surface area contributed by atoms with E-state index in [0.717, 1.165) is 27.9 Å². The quantitative estimate of drug-likeness (QED) is 0.570. The van der Waals surface area contributed by atoms with E-state index in [4.69, 9.17) is 4.74 Å². The molecule has 9 heteroatoms. The normalized spacial score (nSPS) is 18.2. The number of thiophene rings is 1. The molecular weight excluding hydrogens is 423 g/mol. The third-order valence-corrected chi connectivity index (χ3v) is 6.67. The fourth-order valence-corrected chi connectivity index (χ4v) is 5.28. The molecule has 0 spiro atoms. The van der Waals surface area contributed by atoms with Crippen LogP contribution in [0.25, 0.3) is 10.1 Å². The number of hydrogen-bond donors (Lipinski definition) is 1. The average Bonchev–Trinajstić information content (AvgIpc) is 3.24. The number of hydrogen-bond acceptors (Lipinski definition) is 5.